The average Bonchev–Trinajstić information content (AvgIpc) is 2.13. The van der Waals surface area contributed by atoms with Crippen molar-refractivity contribution in [3.63, 3.8) is 0 Å². The molecule has 0 spiro atoms. The van der Waals surface area contributed by atoms with Gasteiger partial charge < -0.3 is 13.8 Å². The first-order valence-corrected chi connectivity index (χ1v) is 6.89. The summed E-state index contributed by atoms with van der Waals surface area (Å²) in [5.74, 6) is 0. The predicted octanol–water partition coefficient (Wildman–Crippen LogP) is 4.38. The number of hydrogen-bond acceptors (Lipinski definition) is 3. The van der Waals surface area contributed by atoms with Crippen molar-refractivity contribution >= 4 is 24.3 Å². The van der Waals surface area contributed by atoms with E-state index in [0.29, 0.717) is 4.67 Å². The van der Waals surface area contributed by atoms with Crippen molar-refractivity contribution in [2.45, 2.75) is 46.8 Å². The SMILES string of the molecule is CO/C(Br)=C(\C)P(OC(C)C)OC(C)C. The first-order chi connectivity index (χ1) is 6.88. The Morgan fingerprint density at radius 1 is 1.07 bits per heavy atom. The summed E-state index contributed by atoms with van der Waals surface area (Å²) in [7, 11) is 0.579. The number of methoxy groups -OCH3 is 1. The molecule has 0 aromatic heterocycles. The van der Waals surface area contributed by atoms with Crippen LogP contribution >= 0.6 is 24.3 Å². The molecule has 0 bridgehead atoms. The fraction of sp³-hybridized carbons (Fsp3) is 0.800. The van der Waals surface area contributed by atoms with Gasteiger partial charge in [0.1, 0.15) is 0 Å². The lowest BCUT2D eigenvalue weighted by atomic mass is 10.5. The van der Waals surface area contributed by atoms with E-state index >= 15 is 0 Å². The van der Waals surface area contributed by atoms with Crippen molar-refractivity contribution in [1.29, 1.82) is 0 Å². The maximum atomic E-state index is 5.72. The molecule has 0 aliphatic carbocycles. The van der Waals surface area contributed by atoms with Crippen LogP contribution in [0.25, 0.3) is 0 Å². The van der Waals surface area contributed by atoms with E-state index in [2.05, 4.69) is 15.9 Å². The van der Waals surface area contributed by atoms with Gasteiger partial charge in [0.2, 0.25) is 8.38 Å². The van der Waals surface area contributed by atoms with Crippen molar-refractivity contribution in [2.24, 2.45) is 0 Å². The molecule has 0 rings (SSSR count). The van der Waals surface area contributed by atoms with Gasteiger partial charge in [-0.1, -0.05) is 0 Å². The fourth-order valence-corrected chi connectivity index (χ4v) is 2.59. The lowest BCUT2D eigenvalue weighted by molar-refractivity contribution is 0.180. The second-order valence-corrected chi connectivity index (χ2v) is 5.96. The van der Waals surface area contributed by atoms with Crippen LogP contribution in [0.2, 0.25) is 0 Å². The van der Waals surface area contributed by atoms with Gasteiger partial charge in [-0.2, -0.15) is 0 Å². The molecule has 0 aliphatic heterocycles. The molecule has 15 heavy (non-hydrogen) atoms. The molecule has 0 radical (unpaired) electrons. The Balaban J connectivity index is 4.61. The highest BCUT2D eigenvalue weighted by molar-refractivity contribution is 9.11. The van der Waals surface area contributed by atoms with Crippen molar-refractivity contribution in [2.75, 3.05) is 7.11 Å². The third kappa shape index (κ3) is 6.52. The lowest BCUT2D eigenvalue weighted by Crippen LogP contribution is -2.05. The molecule has 0 saturated heterocycles. The van der Waals surface area contributed by atoms with Gasteiger partial charge in [0.05, 0.1) is 24.6 Å². The number of ether oxygens (including phenoxy) is 1. The quantitative estimate of drug-likeness (QED) is 0.538. The minimum atomic E-state index is -1.04. The normalized spacial score (nSPS) is 13.7. The predicted molar refractivity (Wildman–Crippen MR) is 68.0 cm³/mol. The standard InChI is InChI=1S/C10H20BrO3P/c1-7(2)13-15(14-8(3)4)9(5)10(11)12-6/h7-8H,1-6H3/b10-9+. The molecule has 0 unspecified atom stereocenters. The minimum Gasteiger partial charge on any atom is -0.489 e. The van der Waals surface area contributed by atoms with Crippen molar-refractivity contribution < 1.29 is 13.8 Å². The molecule has 0 fully saturated rings. The Hall–Kier alpha value is 0.370. The number of allylic oxidation sites excluding steroid dienone is 1. The van der Waals surface area contributed by atoms with Crippen LogP contribution in [0.5, 0.6) is 0 Å². The summed E-state index contributed by atoms with van der Waals surface area (Å²) in [5.41, 5.74) is 0. The van der Waals surface area contributed by atoms with Crippen LogP contribution in [-0.4, -0.2) is 19.3 Å². The average molecular weight is 299 g/mol. The molecule has 0 heterocycles. The Morgan fingerprint density at radius 3 is 1.73 bits per heavy atom. The molecule has 0 saturated carbocycles. The van der Waals surface area contributed by atoms with Gasteiger partial charge in [-0.15, -0.1) is 0 Å². The summed E-state index contributed by atoms with van der Waals surface area (Å²) in [6, 6.07) is 0. The number of halogens is 1. The summed E-state index contributed by atoms with van der Waals surface area (Å²) >= 11 is 3.34. The van der Waals surface area contributed by atoms with Crippen LogP contribution in [0.4, 0.5) is 0 Å². The summed E-state index contributed by atoms with van der Waals surface area (Å²) in [6.45, 7) is 9.92. The summed E-state index contributed by atoms with van der Waals surface area (Å²) in [5, 5.41) is 0.968. The molecular weight excluding hydrogens is 279 g/mol. The van der Waals surface area contributed by atoms with Gasteiger partial charge in [0, 0.05) is 0 Å². The molecule has 0 amide bonds. The first kappa shape index (κ1) is 15.4. The van der Waals surface area contributed by atoms with Crippen LogP contribution in [0.1, 0.15) is 34.6 Å². The van der Waals surface area contributed by atoms with E-state index in [1.54, 1.807) is 7.11 Å². The molecular formula is C10H20BrO3P. The van der Waals surface area contributed by atoms with E-state index in [0.717, 1.165) is 5.31 Å². The molecule has 0 N–H and O–H groups in total. The lowest BCUT2D eigenvalue weighted by Gasteiger charge is -2.22. The van der Waals surface area contributed by atoms with E-state index in [-0.39, 0.29) is 12.2 Å². The van der Waals surface area contributed by atoms with E-state index in [1.165, 1.54) is 0 Å². The van der Waals surface area contributed by atoms with Crippen LogP contribution < -0.4 is 0 Å². The maximum absolute atomic E-state index is 5.72. The molecule has 90 valence electrons. The highest BCUT2D eigenvalue weighted by atomic mass is 79.9. The molecule has 0 aromatic rings. The van der Waals surface area contributed by atoms with Crippen molar-refractivity contribution in [3.8, 4) is 0 Å². The Bertz CT molecular complexity index is 207. The van der Waals surface area contributed by atoms with Crippen molar-refractivity contribution in [1.82, 2.24) is 0 Å². The Kier molecular flexibility index (Phi) is 7.80. The van der Waals surface area contributed by atoms with Gasteiger partial charge in [-0.3, -0.25) is 0 Å². The van der Waals surface area contributed by atoms with E-state index in [9.17, 15) is 0 Å². The van der Waals surface area contributed by atoms with Gasteiger partial charge in [-0.05, 0) is 50.5 Å². The second-order valence-electron chi connectivity index (χ2n) is 3.63. The molecule has 5 heteroatoms. The largest absolute Gasteiger partial charge is 0.489 e. The highest BCUT2D eigenvalue weighted by Gasteiger charge is 2.20. The van der Waals surface area contributed by atoms with Gasteiger partial charge in [0.25, 0.3) is 0 Å². The van der Waals surface area contributed by atoms with Crippen molar-refractivity contribution in [3.05, 3.63) is 9.98 Å². The van der Waals surface area contributed by atoms with Gasteiger partial charge in [0.15, 0.2) is 4.67 Å². The third-order valence-corrected chi connectivity index (χ3v) is 4.55. The molecule has 0 aliphatic rings. The summed E-state index contributed by atoms with van der Waals surface area (Å²) < 4.78 is 17.2. The number of rotatable bonds is 6. The minimum absolute atomic E-state index is 0.141. The molecule has 3 nitrogen and oxygen atoms in total. The third-order valence-electron chi connectivity index (χ3n) is 1.35. The zero-order valence-corrected chi connectivity index (χ0v) is 12.7. The fourth-order valence-electron chi connectivity index (χ4n) is 0.785. The van der Waals surface area contributed by atoms with Crippen LogP contribution in [0.15, 0.2) is 9.98 Å². The highest BCUT2D eigenvalue weighted by Crippen LogP contribution is 2.51. The van der Waals surface area contributed by atoms with Crippen LogP contribution in [0, 0.1) is 0 Å². The van der Waals surface area contributed by atoms with E-state index < -0.39 is 8.38 Å². The topological polar surface area (TPSA) is 27.7 Å². The van der Waals surface area contributed by atoms with Crippen LogP contribution in [0.3, 0.4) is 0 Å². The van der Waals surface area contributed by atoms with E-state index in [4.69, 9.17) is 13.8 Å². The van der Waals surface area contributed by atoms with Gasteiger partial charge in [-0.25, -0.2) is 0 Å². The Morgan fingerprint density at radius 2 is 1.47 bits per heavy atom. The summed E-state index contributed by atoms with van der Waals surface area (Å²) in [4.78, 5) is 0. The first-order valence-electron chi connectivity index (χ1n) is 4.92. The Labute approximate surface area is 102 Å². The smallest absolute Gasteiger partial charge is 0.205 e. The van der Waals surface area contributed by atoms with Gasteiger partial charge >= 0.3 is 0 Å². The maximum Gasteiger partial charge on any atom is 0.205 e. The number of hydrogen-bond donors (Lipinski definition) is 0. The van der Waals surface area contributed by atoms with E-state index in [1.807, 2.05) is 34.6 Å². The molecule has 0 atom stereocenters. The molecule has 0 aromatic carbocycles. The summed E-state index contributed by atoms with van der Waals surface area (Å²) in [6.07, 6.45) is 0.281. The second kappa shape index (κ2) is 7.61. The monoisotopic (exact) mass is 298 g/mol. The zero-order chi connectivity index (χ0) is 12.0. The zero-order valence-electron chi connectivity index (χ0n) is 10.2. The van der Waals surface area contributed by atoms with Crippen LogP contribution in [-0.2, 0) is 13.8 Å².